The van der Waals surface area contributed by atoms with Gasteiger partial charge in [-0.1, -0.05) is 23.7 Å². The molecule has 0 bridgehead atoms. The Morgan fingerprint density at radius 2 is 1.95 bits per heavy atom. The highest BCUT2D eigenvalue weighted by Gasteiger charge is 2.15. The molecular formula is C16H20ClN3O2. The van der Waals surface area contributed by atoms with Crippen molar-refractivity contribution in [3.05, 3.63) is 46.7 Å². The van der Waals surface area contributed by atoms with Crippen molar-refractivity contribution in [1.82, 2.24) is 15.1 Å². The van der Waals surface area contributed by atoms with E-state index >= 15 is 0 Å². The van der Waals surface area contributed by atoms with Gasteiger partial charge in [-0.3, -0.25) is 0 Å². The SMILES string of the molecule is Cc1cc(Cl)nn1-c1ccc(CNC(=O)OC(C)(C)C)cc1. The minimum Gasteiger partial charge on any atom is -0.444 e. The number of hydrogen-bond acceptors (Lipinski definition) is 3. The maximum Gasteiger partial charge on any atom is 0.407 e. The lowest BCUT2D eigenvalue weighted by Crippen LogP contribution is -2.32. The van der Waals surface area contributed by atoms with Crippen LogP contribution >= 0.6 is 11.6 Å². The van der Waals surface area contributed by atoms with Crippen LogP contribution in [0, 0.1) is 6.92 Å². The number of carbonyl (C=O) groups is 1. The number of hydrogen-bond donors (Lipinski definition) is 1. The van der Waals surface area contributed by atoms with Crippen LogP contribution in [0.15, 0.2) is 30.3 Å². The number of halogens is 1. The summed E-state index contributed by atoms with van der Waals surface area (Å²) in [5, 5.41) is 7.41. The summed E-state index contributed by atoms with van der Waals surface area (Å²) >= 11 is 5.89. The van der Waals surface area contributed by atoms with Gasteiger partial charge >= 0.3 is 6.09 Å². The van der Waals surface area contributed by atoms with Gasteiger partial charge < -0.3 is 10.1 Å². The quantitative estimate of drug-likeness (QED) is 0.934. The van der Waals surface area contributed by atoms with Gasteiger partial charge in [-0.05, 0) is 51.5 Å². The van der Waals surface area contributed by atoms with Gasteiger partial charge in [0.1, 0.15) is 5.60 Å². The lowest BCUT2D eigenvalue weighted by Gasteiger charge is -2.19. The summed E-state index contributed by atoms with van der Waals surface area (Å²) in [6, 6.07) is 9.54. The monoisotopic (exact) mass is 321 g/mol. The number of carbonyl (C=O) groups excluding carboxylic acids is 1. The van der Waals surface area contributed by atoms with Crippen LogP contribution in [0.1, 0.15) is 32.0 Å². The molecule has 118 valence electrons. The van der Waals surface area contributed by atoms with Crippen molar-refractivity contribution in [2.24, 2.45) is 0 Å². The molecule has 0 atom stereocenters. The van der Waals surface area contributed by atoms with Gasteiger partial charge in [0.2, 0.25) is 0 Å². The zero-order valence-corrected chi connectivity index (χ0v) is 13.9. The fourth-order valence-electron chi connectivity index (χ4n) is 1.94. The second kappa shape index (κ2) is 6.40. The number of alkyl carbamates (subject to hydrolysis) is 1. The predicted molar refractivity (Wildman–Crippen MR) is 86.4 cm³/mol. The molecule has 0 radical (unpaired) electrons. The number of ether oxygens (including phenoxy) is 1. The summed E-state index contributed by atoms with van der Waals surface area (Å²) in [4.78, 5) is 11.6. The van der Waals surface area contributed by atoms with E-state index < -0.39 is 11.7 Å². The van der Waals surface area contributed by atoms with Crippen LogP contribution in [0.2, 0.25) is 5.15 Å². The van der Waals surface area contributed by atoms with Crippen molar-refractivity contribution in [1.29, 1.82) is 0 Å². The molecule has 0 fully saturated rings. The molecule has 1 N–H and O–H groups in total. The van der Waals surface area contributed by atoms with Crippen molar-refractivity contribution in [3.63, 3.8) is 0 Å². The lowest BCUT2D eigenvalue weighted by atomic mass is 10.2. The Hall–Kier alpha value is -2.01. The van der Waals surface area contributed by atoms with Crippen LogP contribution in [-0.4, -0.2) is 21.5 Å². The van der Waals surface area contributed by atoms with Crippen molar-refractivity contribution >= 4 is 17.7 Å². The Morgan fingerprint density at radius 3 is 2.45 bits per heavy atom. The van der Waals surface area contributed by atoms with E-state index in [0.717, 1.165) is 16.9 Å². The molecule has 22 heavy (non-hydrogen) atoms. The third-order valence-electron chi connectivity index (χ3n) is 2.87. The van der Waals surface area contributed by atoms with E-state index in [1.165, 1.54) is 0 Å². The molecule has 2 rings (SSSR count). The van der Waals surface area contributed by atoms with Gasteiger partial charge in [-0.2, -0.15) is 5.10 Å². The normalized spacial score (nSPS) is 11.3. The Kier molecular flexibility index (Phi) is 4.76. The maximum absolute atomic E-state index is 11.6. The minimum atomic E-state index is -0.495. The number of aryl methyl sites for hydroxylation is 1. The molecule has 0 unspecified atom stereocenters. The summed E-state index contributed by atoms with van der Waals surface area (Å²) in [5.41, 5.74) is 2.37. The third-order valence-corrected chi connectivity index (χ3v) is 3.06. The molecule has 1 heterocycles. The highest BCUT2D eigenvalue weighted by molar-refractivity contribution is 6.29. The maximum atomic E-state index is 11.6. The number of aromatic nitrogens is 2. The first-order valence-corrected chi connectivity index (χ1v) is 7.41. The average Bonchev–Trinajstić information content (AvgIpc) is 2.74. The van der Waals surface area contributed by atoms with Gasteiger partial charge in [0, 0.05) is 12.2 Å². The van der Waals surface area contributed by atoms with E-state index in [0.29, 0.717) is 11.7 Å². The summed E-state index contributed by atoms with van der Waals surface area (Å²) in [5.74, 6) is 0. The van der Waals surface area contributed by atoms with Gasteiger partial charge in [0.25, 0.3) is 0 Å². The predicted octanol–water partition coefficient (Wildman–Crippen LogP) is 3.86. The van der Waals surface area contributed by atoms with Crippen LogP contribution in [-0.2, 0) is 11.3 Å². The molecule has 1 aromatic carbocycles. The van der Waals surface area contributed by atoms with E-state index in [2.05, 4.69) is 10.4 Å². The number of benzene rings is 1. The molecule has 0 aliphatic rings. The molecule has 1 aromatic heterocycles. The Morgan fingerprint density at radius 1 is 1.32 bits per heavy atom. The molecular weight excluding hydrogens is 302 g/mol. The fourth-order valence-corrected chi connectivity index (χ4v) is 2.18. The molecule has 5 nitrogen and oxygen atoms in total. The van der Waals surface area contributed by atoms with Crippen molar-refractivity contribution < 1.29 is 9.53 Å². The van der Waals surface area contributed by atoms with Crippen molar-refractivity contribution in [2.75, 3.05) is 0 Å². The first-order chi connectivity index (χ1) is 10.2. The van der Waals surface area contributed by atoms with E-state index in [1.807, 2.05) is 52.0 Å². The molecule has 0 spiro atoms. The Bertz CT molecular complexity index is 657. The summed E-state index contributed by atoms with van der Waals surface area (Å²) in [6.45, 7) is 7.85. The zero-order valence-electron chi connectivity index (χ0n) is 13.2. The van der Waals surface area contributed by atoms with E-state index in [-0.39, 0.29) is 0 Å². The van der Waals surface area contributed by atoms with Crippen LogP contribution in [0.25, 0.3) is 5.69 Å². The van der Waals surface area contributed by atoms with Crippen molar-refractivity contribution in [2.45, 2.75) is 39.8 Å². The number of rotatable bonds is 3. The van der Waals surface area contributed by atoms with Crippen molar-refractivity contribution in [3.8, 4) is 5.69 Å². The second-order valence-electron chi connectivity index (χ2n) is 6.04. The summed E-state index contributed by atoms with van der Waals surface area (Å²) < 4.78 is 6.96. The van der Waals surface area contributed by atoms with Crippen LogP contribution in [0.3, 0.4) is 0 Å². The lowest BCUT2D eigenvalue weighted by molar-refractivity contribution is 0.0523. The van der Waals surface area contributed by atoms with Gasteiger partial charge in [-0.25, -0.2) is 9.48 Å². The largest absolute Gasteiger partial charge is 0.444 e. The fraction of sp³-hybridized carbons (Fsp3) is 0.375. The first kappa shape index (κ1) is 16.4. The standard InChI is InChI=1S/C16H20ClN3O2/c1-11-9-14(17)19-20(11)13-7-5-12(6-8-13)10-18-15(21)22-16(2,3)4/h5-9H,10H2,1-4H3,(H,18,21). The highest BCUT2D eigenvalue weighted by Crippen LogP contribution is 2.16. The number of amides is 1. The molecule has 6 heteroatoms. The van der Waals surface area contributed by atoms with Gasteiger partial charge in [-0.15, -0.1) is 0 Å². The second-order valence-corrected chi connectivity index (χ2v) is 6.43. The van der Waals surface area contributed by atoms with E-state index in [4.69, 9.17) is 16.3 Å². The van der Waals surface area contributed by atoms with E-state index in [1.54, 1.807) is 10.7 Å². The number of nitrogens with zero attached hydrogens (tertiary/aromatic N) is 2. The third kappa shape index (κ3) is 4.49. The molecule has 0 aliphatic heterocycles. The van der Waals surface area contributed by atoms with E-state index in [9.17, 15) is 4.79 Å². The minimum absolute atomic E-state index is 0.411. The number of nitrogens with one attached hydrogen (secondary N) is 1. The first-order valence-electron chi connectivity index (χ1n) is 7.03. The summed E-state index contributed by atoms with van der Waals surface area (Å²) in [7, 11) is 0. The average molecular weight is 322 g/mol. The molecule has 0 aliphatic carbocycles. The Labute approximate surface area is 135 Å². The smallest absolute Gasteiger partial charge is 0.407 e. The summed E-state index contributed by atoms with van der Waals surface area (Å²) in [6.07, 6.45) is -0.425. The molecule has 0 saturated heterocycles. The van der Waals surface area contributed by atoms with Gasteiger partial charge in [0.15, 0.2) is 5.15 Å². The van der Waals surface area contributed by atoms with Crippen LogP contribution < -0.4 is 5.32 Å². The molecule has 2 aromatic rings. The van der Waals surface area contributed by atoms with Crippen LogP contribution in [0.4, 0.5) is 4.79 Å². The zero-order chi connectivity index (χ0) is 16.3. The molecule has 1 amide bonds. The molecule has 0 saturated carbocycles. The topological polar surface area (TPSA) is 56.2 Å². The van der Waals surface area contributed by atoms with Gasteiger partial charge in [0.05, 0.1) is 5.69 Å². The Balaban J connectivity index is 1.98. The highest BCUT2D eigenvalue weighted by atomic mass is 35.5. The van der Waals surface area contributed by atoms with Crippen LogP contribution in [0.5, 0.6) is 0 Å².